The number of aromatic nitrogens is 6. The molecule has 26 heavy (non-hydrogen) atoms. The van der Waals surface area contributed by atoms with Crippen molar-refractivity contribution in [3.8, 4) is 11.4 Å². The highest BCUT2D eigenvalue weighted by Crippen LogP contribution is 2.32. The zero-order chi connectivity index (χ0) is 18.8. The molecule has 2 aliphatic rings. The molecule has 1 aliphatic carbocycles. The lowest BCUT2D eigenvalue weighted by Gasteiger charge is -2.01. The topological polar surface area (TPSA) is 172 Å². The fourth-order valence-electron chi connectivity index (χ4n) is 2.33. The number of aromatic amines is 1. The van der Waals surface area contributed by atoms with Gasteiger partial charge in [0.15, 0.2) is 0 Å². The molecule has 0 saturated heterocycles. The van der Waals surface area contributed by atoms with Crippen LogP contribution in [0.4, 0.5) is 5.69 Å². The molecular formula is C12H16N12O2. The van der Waals surface area contributed by atoms with Crippen LogP contribution >= 0.6 is 0 Å². The predicted octanol–water partition coefficient (Wildman–Crippen LogP) is -1.01. The number of rotatable bonds is 4. The SMILES string of the molecule is CN=Nc1c2[nH]n(NC(C)=O)nc-2/c(=N\NC)c2nn(NC(C)=O)nc12. The molecule has 136 valence electrons. The molecule has 3 rings (SSSR count). The van der Waals surface area contributed by atoms with Crippen molar-refractivity contribution in [1.29, 1.82) is 0 Å². The largest absolute Gasteiger partial charge is 0.312 e. The molecule has 0 spiro atoms. The minimum Gasteiger partial charge on any atom is -0.312 e. The molecule has 0 radical (unpaired) electrons. The van der Waals surface area contributed by atoms with Crippen LogP contribution in [0.1, 0.15) is 13.8 Å². The van der Waals surface area contributed by atoms with Crippen LogP contribution in [0.25, 0.3) is 22.4 Å². The van der Waals surface area contributed by atoms with Crippen LogP contribution in [-0.2, 0) is 9.59 Å². The van der Waals surface area contributed by atoms with E-state index in [9.17, 15) is 9.59 Å². The van der Waals surface area contributed by atoms with Gasteiger partial charge in [0.05, 0.1) is 0 Å². The maximum Gasteiger partial charge on any atom is 0.238 e. The van der Waals surface area contributed by atoms with Crippen LogP contribution in [0.3, 0.4) is 0 Å². The number of H-pyrrole nitrogens is 1. The van der Waals surface area contributed by atoms with Gasteiger partial charge in [-0.15, -0.1) is 20.2 Å². The number of nitrogens with zero attached hydrogens (tertiary/aromatic N) is 8. The summed E-state index contributed by atoms with van der Waals surface area (Å²) in [6.45, 7) is 2.68. The summed E-state index contributed by atoms with van der Waals surface area (Å²) in [5.41, 5.74) is 9.43. The van der Waals surface area contributed by atoms with E-state index in [1.807, 2.05) is 0 Å². The van der Waals surface area contributed by atoms with Gasteiger partial charge in [-0.25, -0.2) is 10.9 Å². The summed E-state index contributed by atoms with van der Waals surface area (Å²) in [5.74, 6) is -0.665. The molecule has 14 nitrogen and oxygen atoms in total. The van der Waals surface area contributed by atoms with Crippen molar-refractivity contribution in [3.63, 3.8) is 0 Å². The average Bonchev–Trinajstić information content (AvgIpc) is 3.13. The van der Waals surface area contributed by atoms with Crippen LogP contribution in [-0.4, -0.2) is 56.1 Å². The number of hydrogen-bond donors (Lipinski definition) is 4. The first-order valence-corrected chi connectivity index (χ1v) is 7.42. The number of azo groups is 1. The van der Waals surface area contributed by atoms with Gasteiger partial charge in [-0.2, -0.15) is 15.3 Å². The van der Waals surface area contributed by atoms with Crippen LogP contribution in [0.2, 0.25) is 0 Å². The summed E-state index contributed by atoms with van der Waals surface area (Å²) < 4.78 is 0. The average molecular weight is 360 g/mol. The number of fused-ring (bicyclic) bond motifs is 2. The van der Waals surface area contributed by atoms with E-state index in [1.54, 1.807) is 7.05 Å². The Bertz CT molecular complexity index is 1040. The molecule has 0 fully saturated rings. The lowest BCUT2D eigenvalue weighted by atomic mass is 10.1. The first-order chi connectivity index (χ1) is 12.4. The summed E-state index contributed by atoms with van der Waals surface area (Å²) in [4.78, 5) is 24.8. The van der Waals surface area contributed by atoms with Gasteiger partial charge in [-0.3, -0.25) is 14.7 Å². The normalized spacial score (nSPS) is 12.2. The van der Waals surface area contributed by atoms with Crippen LogP contribution in [0, 0.1) is 0 Å². The van der Waals surface area contributed by atoms with E-state index in [1.165, 1.54) is 20.9 Å². The van der Waals surface area contributed by atoms with Crippen molar-refractivity contribution in [2.45, 2.75) is 13.8 Å². The molecule has 0 unspecified atom stereocenters. The predicted molar refractivity (Wildman–Crippen MR) is 89.4 cm³/mol. The molecule has 14 heteroatoms. The Kier molecular flexibility index (Phi) is 4.30. The number of benzene rings is 1. The van der Waals surface area contributed by atoms with Crippen molar-refractivity contribution in [3.05, 3.63) is 5.36 Å². The second kappa shape index (κ2) is 6.58. The summed E-state index contributed by atoms with van der Waals surface area (Å²) in [5, 5.41) is 28.0. The zero-order valence-electron chi connectivity index (χ0n) is 14.4. The molecule has 2 amide bonds. The van der Waals surface area contributed by atoms with E-state index in [0.717, 1.165) is 9.81 Å². The number of amides is 2. The van der Waals surface area contributed by atoms with Gasteiger partial charge in [0.1, 0.15) is 33.5 Å². The molecule has 2 heterocycles. The molecule has 0 saturated carbocycles. The van der Waals surface area contributed by atoms with Crippen LogP contribution in [0.15, 0.2) is 15.3 Å². The second-order valence-electron chi connectivity index (χ2n) is 5.10. The van der Waals surface area contributed by atoms with Gasteiger partial charge in [-0.1, -0.05) is 4.91 Å². The lowest BCUT2D eigenvalue weighted by Crippen LogP contribution is -2.23. The van der Waals surface area contributed by atoms with Crippen LogP contribution < -0.4 is 21.6 Å². The van der Waals surface area contributed by atoms with Crippen molar-refractivity contribution in [2.75, 3.05) is 24.9 Å². The summed E-state index contributed by atoms with van der Waals surface area (Å²) >= 11 is 0. The highest BCUT2D eigenvalue weighted by molar-refractivity contribution is 5.96. The van der Waals surface area contributed by atoms with Gasteiger partial charge in [0.25, 0.3) is 0 Å². The first-order valence-electron chi connectivity index (χ1n) is 7.42. The molecule has 1 aliphatic heterocycles. The monoisotopic (exact) mass is 360 g/mol. The van der Waals surface area contributed by atoms with Crippen molar-refractivity contribution < 1.29 is 9.59 Å². The van der Waals surface area contributed by atoms with E-state index >= 15 is 0 Å². The Labute approximate surface area is 145 Å². The third-order valence-corrected chi connectivity index (χ3v) is 3.12. The molecule has 4 N–H and O–H groups in total. The van der Waals surface area contributed by atoms with Gasteiger partial charge < -0.3 is 5.43 Å². The quantitative estimate of drug-likeness (QED) is 0.343. The fourth-order valence-corrected chi connectivity index (χ4v) is 2.33. The first kappa shape index (κ1) is 17.0. The molecule has 0 atom stereocenters. The number of carbonyl (C=O) groups excluding carboxylic acids is 2. The van der Waals surface area contributed by atoms with E-state index in [2.05, 4.69) is 52.0 Å². The van der Waals surface area contributed by atoms with E-state index in [0.29, 0.717) is 33.5 Å². The van der Waals surface area contributed by atoms with Crippen molar-refractivity contribution in [2.24, 2.45) is 15.3 Å². The molecular weight excluding hydrogens is 344 g/mol. The number of nitrogens with one attached hydrogen (secondary N) is 4. The lowest BCUT2D eigenvalue weighted by molar-refractivity contribution is -0.116. The highest BCUT2D eigenvalue weighted by atomic mass is 16.2. The molecule has 1 aromatic heterocycles. The van der Waals surface area contributed by atoms with Gasteiger partial charge in [0.2, 0.25) is 11.8 Å². The van der Waals surface area contributed by atoms with Gasteiger partial charge in [0, 0.05) is 27.9 Å². The number of carbonyl (C=O) groups is 2. The fraction of sp³-hybridized carbons (Fsp3) is 0.333. The Morgan fingerprint density at radius 1 is 1.08 bits per heavy atom. The summed E-state index contributed by atoms with van der Waals surface area (Å²) in [6, 6.07) is 0. The van der Waals surface area contributed by atoms with E-state index < -0.39 is 0 Å². The maximum absolute atomic E-state index is 11.3. The molecule has 1 aromatic rings. The maximum atomic E-state index is 11.3. The smallest absolute Gasteiger partial charge is 0.238 e. The van der Waals surface area contributed by atoms with Gasteiger partial charge >= 0.3 is 0 Å². The van der Waals surface area contributed by atoms with E-state index in [-0.39, 0.29) is 11.8 Å². The number of hydrogen-bond acceptors (Lipinski definition) is 9. The zero-order valence-corrected chi connectivity index (χ0v) is 14.4. The minimum absolute atomic E-state index is 0.321. The van der Waals surface area contributed by atoms with Gasteiger partial charge in [-0.05, 0) is 0 Å². The second-order valence-corrected chi connectivity index (χ2v) is 5.10. The molecule has 0 aromatic carbocycles. The summed E-state index contributed by atoms with van der Waals surface area (Å²) in [6.07, 6.45) is 0. The third kappa shape index (κ3) is 2.94. The summed E-state index contributed by atoms with van der Waals surface area (Å²) in [7, 11) is 3.12. The standard InChI is InChI=1S/C12H16N12O2/c1-5(25)17-23-19-9-7(15-13-3)11-12(8(16-14-4)10(9)20-23)22-24(21-11)18-6(2)26/h13,20H,1-4H3,(H,17,25)(H,18,26)/b15-7+,16-14?. The van der Waals surface area contributed by atoms with Crippen molar-refractivity contribution >= 4 is 28.5 Å². The highest BCUT2D eigenvalue weighted by Gasteiger charge is 2.25. The van der Waals surface area contributed by atoms with Crippen molar-refractivity contribution in [1.82, 2.24) is 35.6 Å². The minimum atomic E-state index is -0.344. The van der Waals surface area contributed by atoms with Crippen LogP contribution in [0.5, 0.6) is 0 Å². The Morgan fingerprint density at radius 3 is 2.38 bits per heavy atom. The third-order valence-electron chi connectivity index (χ3n) is 3.12. The molecule has 0 bridgehead atoms. The Morgan fingerprint density at radius 2 is 1.77 bits per heavy atom. The Balaban J connectivity index is 2.40. The van der Waals surface area contributed by atoms with E-state index in [4.69, 9.17) is 0 Å². The Hall–Kier alpha value is -3.84.